The van der Waals surface area contributed by atoms with Gasteiger partial charge in [0.05, 0.1) is 6.61 Å². The monoisotopic (exact) mass is 443 g/mol. The molecule has 168 valence electrons. The molecule has 6 nitrogen and oxygen atoms in total. The second kappa shape index (κ2) is 10.5. The van der Waals surface area contributed by atoms with Crippen LogP contribution < -0.4 is 9.47 Å². The predicted molar refractivity (Wildman–Crippen MR) is 124 cm³/mol. The number of carbonyl (C=O) groups excluding carboxylic acids is 1. The third-order valence-electron chi connectivity index (χ3n) is 5.03. The van der Waals surface area contributed by atoms with Gasteiger partial charge < -0.3 is 18.7 Å². The molecule has 6 heteroatoms. The standard InChI is InChI=1S/C27H25NO5/c1-3-30-27(29)25-19(2)33-28-26(25)22-14-15-23(31-17-20-10-6-4-7-11-20)24(16-22)32-18-21-12-8-5-9-13-21/h4-16H,3,17-18H2,1-2H3. The maximum Gasteiger partial charge on any atom is 0.344 e. The number of hydrogen-bond acceptors (Lipinski definition) is 6. The van der Waals surface area contributed by atoms with Gasteiger partial charge in [-0.25, -0.2) is 4.79 Å². The molecule has 0 radical (unpaired) electrons. The van der Waals surface area contributed by atoms with E-state index in [1.165, 1.54) is 0 Å². The molecule has 4 rings (SSSR count). The second-order valence-corrected chi connectivity index (χ2v) is 7.39. The Hall–Kier alpha value is -4.06. The molecule has 0 unspecified atom stereocenters. The number of hydrogen-bond donors (Lipinski definition) is 0. The van der Waals surface area contributed by atoms with Crippen molar-refractivity contribution < 1.29 is 23.5 Å². The summed E-state index contributed by atoms with van der Waals surface area (Å²) in [5.74, 6) is 1.07. The number of benzene rings is 3. The molecular weight excluding hydrogens is 418 g/mol. The van der Waals surface area contributed by atoms with Crippen molar-refractivity contribution in [3.8, 4) is 22.8 Å². The van der Waals surface area contributed by atoms with Crippen LogP contribution >= 0.6 is 0 Å². The molecule has 0 fully saturated rings. The fourth-order valence-corrected chi connectivity index (χ4v) is 3.37. The fourth-order valence-electron chi connectivity index (χ4n) is 3.37. The zero-order valence-corrected chi connectivity index (χ0v) is 18.6. The van der Waals surface area contributed by atoms with Crippen LogP contribution in [-0.2, 0) is 18.0 Å². The van der Waals surface area contributed by atoms with Crippen LogP contribution in [0, 0.1) is 6.92 Å². The molecule has 0 aliphatic rings. The molecule has 0 aliphatic carbocycles. The van der Waals surface area contributed by atoms with Gasteiger partial charge in [-0.05, 0) is 43.2 Å². The van der Waals surface area contributed by atoms with Gasteiger partial charge in [0.1, 0.15) is 30.2 Å². The van der Waals surface area contributed by atoms with Crippen molar-refractivity contribution in [3.63, 3.8) is 0 Å². The molecule has 0 aliphatic heterocycles. The molecule has 0 spiro atoms. The Morgan fingerprint density at radius 3 is 2.06 bits per heavy atom. The molecule has 33 heavy (non-hydrogen) atoms. The first kappa shape index (κ1) is 22.1. The van der Waals surface area contributed by atoms with E-state index in [0.717, 1.165) is 11.1 Å². The van der Waals surface area contributed by atoms with Crippen molar-refractivity contribution >= 4 is 5.97 Å². The van der Waals surface area contributed by atoms with Gasteiger partial charge in [0.25, 0.3) is 0 Å². The third kappa shape index (κ3) is 5.41. The summed E-state index contributed by atoms with van der Waals surface area (Å²) in [6.45, 7) is 4.48. The summed E-state index contributed by atoms with van der Waals surface area (Å²) in [6, 6.07) is 25.2. The summed E-state index contributed by atoms with van der Waals surface area (Å²) < 4.78 is 22.7. The van der Waals surface area contributed by atoms with Gasteiger partial charge in [0.2, 0.25) is 0 Å². The highest BCUT2D eigenvalue weighted by atomic mass is 16.5. The van der Waals surface area contributed by atoms with E-state index in [4.69, 9.17) is 18.7 Å². The van der Waals surface area contributed by atoms with E-state index in [2.05, 4.69) is 5.16 Å². The minimum atomic E-state index is -0.470. The lowest BCUT2D eigenvalue weighted by Gasteiger charge is -2.14. The van der Waals surface area contributed by atoms with Crippen LogP contribution in [0.25, 0.3) is 11.3 Å². The SMILES string of the molecule is CCOC(=O)c1c(-c2ccc(OCc3ccccc3)c(OCc3ccccc3)c2)noc1C. The first-order valence-electron chi connectivity index (χ1n) is 10.8. The number of ether oxygens (including phenoxy) is 3. The highest BCUT2D eigenvalue weighted by molar-refractivity contribution is 5.97. The number of aryl methyl sites for hydroxylation is 1. The van der Waals surface area contributed by atoms with Crippen molar-refractivity contribution in [1.29, 1.82) is 0 Å². The van der Waals surface area contributed by atoms with Crippen molar-refractivity contribution in [3.05, 3.63) is 101 Å². The number of esters is 1. The highest BCUT2D eigenvalue weighted by Crippen LogP contribution is 2.35. The van der Waals surface area contributed by atoms with Gasteiger partial charge in [0, 0.05) is 5.56 Å². The zero-order chi connectivity index (χ0) is 23.0. The van der Waals surface area contributed by atoms with Crippen LogP contribution in [0.15, 0.2) is 83.4 Å². The van der Waals surface area contributed by atoms with E-state index in [1.807, 2.05) is 78.9 Å². The average Bonchev–Trinajstić information content (AvgIpc) is 3.24. The summed E-state index contributed by atoms with van der Waals surface area (Å²) in [4.78, 5) is 12.5. The van der Waals surface area contributed by atoms with E-state index in [0.29, 0.717) is 47.3 Å². The topological polar surface area (TPSA) is 70.8 Å². The second-order valence-electron chi connectivity index (χ2n) is 7.39. The summed E-state index contributed by atoms with van der Waals surface area (Å²) in [6.07, 6.45) is 0. The molecule has 3 aromatic carbocycles. The van der Waals surface area contributed by atoms with E-state index in [9.17, 15) is 4.79 Å². The molecular formula is C27H25NO5. The van der Waals surface area contributed by atoms with Gasteiger partial charge in [-0.3, -0.25) is 0 Å². The maximum absolute atomic E-state index is 12.5. The molecule has 1 heterocycles. The van der Waals surface area contributed by atoms with Crippen LogP contribution in [0.4, 0.5) is 0 Å². The van der Waals surface area contributed by atoms with Gasteiger partial charge in [0.15, 0.2) is 11.5 Å². The molecule has 0 bridgehead atoms. The first-order valence-corrected chi connectivity index (χ1v) is 10.8. The molecule has 1 aromatic heterocycles. The van der Waals surface area contributed by atoms with E-state index >= 15 is 0 Å². The zero-order valence-electron chi connectivity index (χ0n) is 18.6. The molecule has 0 N–H and O–H groups in total. The summed E-state index contributed by atoms with van der Waals surface area (Å²) in [5.41, 5.74) is 3.47. The fraction of sp³-hybridized carbons (Fsp3) is 0.185. The normalized spacial score (nSPS) is 10.6. The Bertz CT molecular complexity index is 1200. The molecule has 0 amide bonds. The molecule has 0 saturated carbocycles. The Labute approximate surface area is 192 Å². The Morgan fingerprint density at radius 1 is 0.848 bits per heavy atom. The lowest BCUT2D eigenvalue weighted by molar-refractivity contribution is 0.0525. The summed E-state index contributed by atoms with van der Waals surface area (Å²) in [5, 5.41) is 4.10. The summed E-state index contributed by atoms with van der Waals surface area (Å²) >= 11 is 0. The summed E-state index contributed by atoms with van der Waals surface area (Å²) in [7, 11) is 0. The van der Waals surface area contributed by atoms with E-state index in [1.54, 1.807) is 13.8 Å². The Balaban J connectivity index is 1.65. The van der Waals surface area contributed by atoms with Crippen LogP contribution in [0.1, 0.15) is 34.2 Å². The van der Waals surface area contributed by atoms with Crippen molar-refractivity contribution in [2.24, 2.45) is 0 Å². The Morgan fingerprint density at radius 2 is 1.45 bits per heavy atom. The van der Waals surface area contributed by atoms with Crippen molar-refractivity contribution in [2.75, 3.05) is 6.61 Å². The van der Waals surface area contributed by atoms with Crippen LogP contribution in [-0.4, -0.2) is 17.7 Å². The largest absolute Gasteiger partial charge is 0.485 e. The van der Waals surface area contributed by atoms with Gasteiger partial charge in [-0.2, -0.15) is 0 Å². The number of rotatable bonds is 9. The highest BCUT2D eigenvalue weighted by Gasteiger charge is 2.23. The quantitative estimate of drug-likeness (QED) is 0.296. The smallest absolute Gasteiger partial charge is 0.344 e. The minimum absolute atomic E-state index is 0.264. The Kier molecular flexibility index (Phi) is 7.05. The van der Waals surface area contributed by atoms with Crippen LogP contribution in [0.2, 0.25) is 0 Å². The van der Waals surface area contributed by atoms with E-state index < -0.39 is 5.97 Å². The van der Waals surface area contributed by atoms with Gasteiger partial charge in [-0.1, -0.05) is 65.8 Å². The number of aromatic nitrogens is 1. The average molecular weight is 443 g/mol. The van der Waals surface area contributed by atoms with Crippen LogP contribution in [0.5, 0.6) is 11.5 Å². The number of nitrogens with zero attached hydrogens (tertiary/aromatic N) is 1. The van der Waals surface area contributed by atoms with Gasteiger partial charge >= 0.3 is 5.97 Å². The first-order chi connectivity index (χ1) is 16.2. The number of carbonyl (C=O) groups is 1. The lowest BCUT2D eigenvalue weighted by atomic mass is 10.1. The van der Waals surface area contributed by atoms with Gasteiger partial charge in [-0.15, -0.1) is 0 Å². The predicted octanol–water partition coefficient (Wildman–Crippen LogP) is 5.98. The third-order valence-corrected chi connectivity index (χ3v) is 5.03. The molecule has 0 saturated heterocycles. The molecule has 0 atom stereocenters. The van der Waals surface area contributed by atoms with Crippen molar-refractivity contribution in [1.82, 2.24) is 5.16 Å². The minimum Gasteiger partial charge on any atom is -0.485 e. The lowest BCUT2D eigenvalue weighted by Crippen LogP contribution is -2.07. The van der Waals surface area contributed by atoms with Crippen LogP contribution in [0.3, 0.4) is 0 Å². The van der Waals surface area contributed by atoms with E-state index in [-0.39, 0.29) is 6.61 Å². The maximum atomic E-state index is 12.5. The van der Waals surface area contributed by atoms with Crippen molar-refractivity contribution in [2.45, 2.75) is 27.1 Å². The molecule has 4 aromatic rings.